The van der Waals surface area contributed by atoms with Crippen molar-refractivity contribution in [2.75, 3.05) is 11.5 Å². The van der Waals surface area contributed by atoms with E-state index in [1.54, 1.807) is 0 Å². The van der Waals surface area contributed by atoms with Crippen LogP contribution in [0.15, 0.2) is 44.6 Å². The smallest absolute Gasteiger partial charge is 0.328 e. The van der Waals surface area contributed by atoms with Gasteiger partial charge in [-0.25, -0.2) is 14.0 Å². The van der Waals surface area contributed by atoms with Crippen molar-refractivity contribution in [3.05, 3.63) is 46.4 Å². The fourth-order valence-electron chi connectivity index (χ4n) is 3.08. The van der Waals surface area contributed by atoms with Crippen LogP contribution in [0.5, 0.6) is 0 Å². The van der Waals surface area contributed by atoms with Crippen LogP contribution >= 0.6 is 0 Å². The number of rotatable bonds is 8. The molecule has 2 heterocycles. The Labute approximate surface area is 174 Å². The number of H-pyrrole nitrogens is 1. The van der Waals surface area contributed by atoms with Crippen LogP contribution in [-0.2, 0) is 21.1 Å². The first-order valence-electron chi connectivity index (χ1n) is 9.95. The van der Waals surface area contributed by atoms with Crippen LogP contribution in [0.25, 0.3) is 11.2 Å². The average Bonchev–Trinajstić information content (AvgIpc) is 3.03. The van der Waals surface area contributed by atoms with E-state index in [2.05, 4.69) is 19.3 Å². The summed E-state index contributed by atoms with van der Waals surface area (Å²) >= 11 is 0. The highest BCUT2D eigenvalue weighted by molar-refractivity contribution is 7.93. The monoisotopic (exact) mass is 430 g/mol. The largest absolute Gasteiger partial charge is 0.382 e. The third-order valence-electron chi connectivity index (χ3n) is 4.57. The van der Waals surface area contributed by atoms with Crippen LogP contribution in [0.1, 0.15) is 45.1 Å². The van der Waals surface area contributed by atoms with Gasteiger partial charge in [-0.2, -0.15) is 9.35 Å². The number of aromatic amines is 1. The topological polar surface area (TPSA) is 136 Å². The van der Waals surface area contributed by atoms with Crippen molar-refractivity contribution in [3.63, 3.8) is 0 Å². The van der Waals surface area contributed by atoms with E-state index >= 15 is 0 Å². The molecule has 0 radical (unpaired) electrons. The van der Waals surface area contributed by atoms with Crippen LogP contribution in [0.3, 0.4) is 0 Å². The zero-order valence-corrected chi connectivity index (χ0v) is 17.9. The van der Waals surface area contributed by atoms with Gasteiger partial charge in [0.1, 0.15) is 15.2 Å². The SMILES string of the molecule is CCCCC(=O)N=S(=O)(CCC)c1nc(N)c2[nH]c(=O)n(Cc3ccccc3)c2n1. The van der Waals surface area contributed by atoms with E-state index in [4.69, 9.17) is 5.73 Å². The van der Waals surface area contributed by atoms with Gasteiger partial charge in [0.15, 0.2) is 11.5 Å². The third kappa shape index (κ3) is 4.59. The second-order valence-electron chi connectivity index (χ2n) is 7.03. The third-order valence-corrected chi connectivity index (χ3v) is 6.79. The summed E-state index contributed by atoms with van der Waals surface area (Å²) in [5.74, 6) is -0.310. The number of nitrogens with one attached hydrogen (secondary N) is 1. The normalized spacial score (nSPS) is 13.3. The number of hydrogen-bond acceptors (Lipinski definition) is 6. The molecule has 0 spiro atoms. The molecule has 0 fully saturated rings. The van der Waals surface area contributed by atoms with Crippen molar-refractivity contribution in [3.8, 4) is 0 Å². The summed E-state index contributed by atoms with van der Waals surface area (Å²) in [4.78, 5) is 36.0. The minimum Gasteiger partial charge on any atom is -0.382 e. The van der Waals surface area contributed by atoms with Crippen molar-refractivity contribution in [1.82, 2.24) is 19.5 Å². The van der Waals surface area contributed by atoms with Gasteiger partial charge in [-0.05, 0) is 18.4 Å². The number of imidazole rings is 1. The molecule has 2 aromatic heterocycles. The molecule has 3 N–H and O–H groups in total. The van der Waals surface area contributed by atoms with E-state index in [-0.39, 0.29) is 40.9 Å². The molecular weight excluding hydrogens is 404 g/mol. The Morgan fingerprint density at radius 3 is 2.60 bits per heavy atom. The molecule has 0 aliphatic rings. The standard InChI is InChI=1S/C20H26N6O3S/c1-3-5-11-15(27)25-30(29,12-4-2)19-23-17(21)16-18(24-19)26(20(28)22-16)13-14-9-7-6-8-10-14/h6-10H,3-5,11-13H2,1-2H3,(H,22,28)(H2,21,23,24). The number of nitrogens with zero attached hydrogens (tertiary/aromatic N) is 4. The molecule has 1 unspecified atom stereocenters. The molecule has 160 valence electrons. The zero-order chi connectivity index (χ0) is 21.7. The minimum atomic E-state index is -3.20. The first kappa shape index (κ1) is 21.7. The number of amides is 1. The highest BCUT2D eigenvalue weighted by Crippen LogP contribution is 2.20. The maximum Gasteiger partial charge on any atom is 0.328 e. The molecule has 30 heavy (non-hydrogen) atoms. The lowest BCUT2D eigenvalue weighted by Crippen LogP contribution is -2.18. The van der Waals surface area contributed by atoms with Crippen molar-refractivity contribution in [2.24, 2.45) is 4.36 Å². The molecule has 0 saturated heterocycles. The molecule has 0 saturated carbocycles. The molecule has 0 aliphatic carbocycles. The highest BCUT2D eigenvalue weighted by Gasteiger charge is 2.22. The maximum atomic E-state index is 13.6. The Hall–Kier alpha value is -3.01. The number of anilines is 1. The highest BCUT2D eigenvalue weighted by atomic mass is 32.2. The van der Waals surface area contributed by atoms with Gasteiger partial charge < -0.3 is 10.7 Å². The van der Waals surface area contributed by atoms with Gasteiger partial charge >= 0.3 is 5.69 Å². The Morgan fingerprint density at radius 2 is 1.93 bits per heavy atom. The molecular formula is C20H26N6O3S. The number of nitrogen functional groups attached to an aromatic ring is 1. The van der Waals surface area contributed by atoms with Gasteiger partial charge in [-0.3, -0.25) is 9.36 Å². The molecule has 0 bridgehead atoms. The van der Waals surface area contributed by atoms with Gasteiger partial charge in [-0.15, -0.1) is 0 Å². The fourth-order valence-corrected chi connectivity index (χ4v) is 4.88. The van der Waals surface area contributed by atoms with E-state index < -0.39 is 21.3 Å². The maximum absolute atomic E-state index is 13.6. The average molecular weight is 431 g/mol. The van der Waals surface area contributed by atoms with Crippen molar-refractivity contribution >= 4 is 32.6 Å². The quantitative estimate of drug-likeness (QED) is 0.527. The van der Waals surface area contributed by atoms with E-state index in [1.807, 2.05) is 44.2 Å². The van der Waals surface area contributed by atoms with E-state index in [1.165, 1.54) is 4.57 Å². The lowest BCUT2D eigenvalue weighted by molar-refractivity contribution is -0.117. The number of carbonyl (C=O) groups is 1. The van der Waals surface area contributed by atoms with Crippen LogP contribution in [0, 0.1) is 0 Å². The van der Waals surface area contributed by atoms with E-state index in [0.29, 0.717) is 12.8 Å². The number of fused-ring (bicyclic) bond motifs is 1. The second kappa shape index (κ2) is 9.21. The summed E-state index contributed by atoms with van der Waals surface area (Å²) in [5, 5.41) is -0.111. The van der Waals surface area contributed by atoms with Gasteiger partial charge in [-0.1, -0.05) is 50.6 Å². The summed E-state index contributed by atoms with van der Waals surface area (Å²) in [5.41, 5.74) is 7.06. The number of carbonyl (C=O) groups excluding carboxylic acids is 1. The molecule has 1 aromatic carbocycles. The molecule has 3 rings (SSSR count). The van der Waals surface area contributed by atoms with Gasteiger partial charge in [0, 0.05) is 12.2 Å². The van der Waals surface area contributed by atoms with Crippen molar-refractivity contribution < 1.29 is 9.00 Å². The molecule has 3 aromatic rings. The summed E-state index contributed by atoms with van der Waals surface area (Å²) in [6, 6.07) is 9.41. The number of hydrogen-bond donors (Lipinski definition) is 2. The Balaban J connectivity index is 2.15. The second-order valence-corrected chi connectivity index (χ2v) is 9.26. The summed E-state index contributed by atoms with van der Waals surface area (Å²) in [6.45, 7) is 4.07. The molecule has 1 atom stereocenters. The summed E-state index contributed by atoms with van der Waals surface area (Å²) in [7, 11) is -3.20. The predicted molar refractivity (Wildman–Crippen MR) is 117 cm³/mol. The lowest BCUT2D eigenvalue weighted by atomic mass is 10.2. The van der Waals surface area contributed by atoms with Gasteiger partial charge in [0.05, 0.1) is 6.54 Å². The number of benzene rings is 1. The van der Waals surface area contributed by atoms with Crippen LogP contribution in [0.2, 0.25) is 0 Å². The number of nitrogens with two attached hydrogens (primary N) is 1. The predicted octanol–water partition coefficient (Wildman–Crippen LogP) is 2.70. The summed E-state index contributed by atoms with van der Waals surface area (Å²) < 4.78 is 19.0. The lowest BCUT2D eigenvalue weighted by Gasteiger charge is -2.09. The van der Waals surface area contributed by atoms with Gasteiger partial charge in [0.2, 0.25) is 5.16 Å². The Morgan fingerprint density at radius 1 is 1.20 bits per heavy atom. The first-order chi connectivity index (χ1) is 14.4. The summed E-state index contributed by atoms with van der Waals surface area (Å²) in [6.07, 6.45) is 2.24. The van der Waals surface area contributed by atoms with Crippen molar-refractivity contribution in [1.29, 1.82) is 0 Å². The first-order valence-corrected chi connectivity index (χ1v) is 11.6. The van der Waals surface area contributed by atoms with Crippen molar-refractivity contribution in [2.45, 2.75) is 51.2 Å². The van der Waals surface area contributed by atoms with Gasteiger partial charge in [0.25, 0.3) is 5.91 Å². The molecule has 9 nitrogen and oxygen atoms in total. The molecule has 0 aliphatic heterocycles. The van der Waals surface area contributed by atoms with Crippen LogP contribution < -0.4 is 11.4 Å². The number of aromatic nitrogens is 4. The van der Waals surface area contributed by atoms with E-state index in [9.17, 15) is 13.8 Å². The molecule has 10 heteroatoms. The van der Waals surface area contributed by atoms with Crippen LogP contribution in [-0.4, -0.2) is 35.4 Å². The van der Waals surface area contributed by atoms with E-state index in [0.717, 1.165) is 12.0 Å². The zero-order valence-electron chi connectivity index (χ0n) is 17.1. The number of unbranched alkanes of at least 4 members (excludes halogenated alkanes) is 1. The Kier molecular flexibility index (Phi) is 6.66. The fraction of sp³-hybridized carbons (Fsp3) is 0.400. The Bertz CT molecular complexity index is 1220. The van der Waals surface area contributed by atoms with Crippen LogP contribution in [0.4, 0.5) is 5.82 Å². The minimum absolute atomic E-state index is 0.000975. The molecule has 1 amide bonds.